The van der Waals surface area contributed by atoms with Crippen LogP contribution in [0.2, 0.25) is 0 Å². The molecule has 2 heterocycles. The number of rotatable bonds is 4. The second kappa shape index (κ2) is 6.44. The van der Waals surface area contributed by atoms with Crippen LogP contribution in [0.5, 0.6) is 0 Å². The summed E-state index contributed by atoms with van der Waals surface area (Å²) in [5.74, 6) is 0.769. The number of ether oxygens (including phenoxy) is 1. The highest BCUT2D eigenvalue weighted by Crippen LogP contribution is 2.30. The Hall–Kier alpha value is -1.60. The molecule has 0 saturated carbocycles. The van der Waals surface area contributed by atoms with Gasteiger partial charge >= 0.3 is 0 Å². The van der Waals surface area contributed by atoms with E-state index < -0.39 is 0 Å². The van der Waals surface area contributed by atoms with E-state index in [-0.39, 0.29) is 6.10 Å². The van der Waals surface area contributed by atoms with E-state index in [0.717, 1.165) is 56.6 Å². The van der Waals surface area contributed by atoms with Crippen molar-refractivity contribution in [3.8, 4) is 6.07 Å². The van der Waals surface area contributed by atoms with Gasteiger partial charge < -0.3 is 10.1 Å². The van der Waals surface area contributed by atoms with Gasteiger partial charge in [-0.05, 0) is 56.1 Å². The van der Waals surface area contributed by atoms with Crippen molar-refractivity contribution < 1.29 is 4.74 Å². The van der Waals surface area contributed by atoms with E-state index in [1.807, 2.05) is 0 Å². The van der Waals surface area contributed by atoms with Crippen LogP contribution in [0.25, 0.3) is 0 Å². The van der Waals surface area contributed by atoms with Gasteiger partial charge in [-0.3, -0.25) is 0 Å². The number of pyridine rings is 1. The third-order valence-electron chi connectivity index (χ3n) is 4.57. The minimum absolute atomic E-state index is 0.263. The molecule has 4 heteroatoms. The van der Waals surface area contributed by atoms with E-state index in [0.29, 0.717) is 0 Å². The summed E-state index contributed by atoms with van der Waals surface area (Å²) in [5, 5.41) is 12.9. The lowest BCUT2D eigenvalue weighted by Crippen LogP contribution is -2.21. The second-order valence-corrected chi connectivity index (χ2v) is 5.93. The summed E-state index contributed by atoms with van der Waals surface area (Å²) in [4.78, 5) is 4.75. The van der Waals surface area contributed by atoms with Gasteiger partial charge in [0.15, 0.2) is 0 Å². The Morgan fingerprint density at radius 3 is 2.76 bits per heavy atom. The molecular weight excluding hydrogens is 262 g/mol. The number of nitrogens with one attached hydrogen (secondary N) is 1. The third kappa shape index (κ3) is 2.89. The highest BCUT2D eigenvalue weighted by atomic mass is 16.5. The molecular formula is C17H23N3O. The maximum absolute atomic E-state index is 9.57. The molecule has 21 heavy (non-hydrogen) atoms. The smallest absolute Gasteiger partial charge is 0.144 e. The van der Waals surface area contributed by atoms with E-state index in [1.165, 1.54) is 29.7 Å². The molecule has 1 fully saturated rings. The minimum atomic E-state index is 0.263. The first kappa shape index (κ1) is 14.3. The van der Waals surface area contributed by atoms with E-state index in [2.05, 4.69) is 18.3 Å². The number of fused-ring (bicyclic) bond motifs is 1. The standard InChI is InChI=1S/C17H23N3O/c1-2-16-14-8-4-3-7-13(14)15(10-18)17(20-16)19-11-12-6-5-9-21-12/h12H,2-9,11H2,1H3,(H,19,20)/t12-/m1/s1. The average Bonchev–Trinajstić information content (AvgIpc) is 3.05. The molecule has 1 aromatic heterocycles. The van der Waals surface area contributed by atoms with Crippen LogP contribution in [-0.4, -0.2) is 24.2 Å². The van der Waals surface area contributed by atoms with Gasteiger partial charge in [0.25, 0.3) is 0 Å². The van der Waals surface area contributed by atoms with Crippen molar-refractivity contribution in [3.63, 3.8) is 0 Å². The minimum Gasteiger partial charge on any atom is -0.376 e. The molecule has 2 aliphatic rings. The summed E-state index contributed by atoms with van der Waals surface area (Å²) in [7, 11) is 0. The Morgan fingerprint density at radius 1 is 1.29 bits per heavy atom. The van der Waals surface area contributed by atoms with Crippen molar-refractivity contribution in [3.05, 3.63) is 22.4 Å². The van der Waals surface area contributed by atoms with Gasteiger partial charge in [0, 0.05) is 18.8 Å². The summed E-state index contributed by atoms with van der Waals surface area (Å²) < 4.78 is 5.64. The van der Waals surface area contributed by atoms with Crippen LogP contribution >= 0.6 is 0 Å². The van der Waals surface area contributed by atoms with Crippen molar-refractivity contribution in [2.45, 2.75) is 58.0 Å². The van der Waals surface area contributed by atoms with Crippen LogP contribution in [-0.2, 0) is 24.0 Å². The Kier molecular flexibility index (Phi) is 4.40. The van der Waals surface area contributed by atoms with Gasteiger partial charge in [0.1, 0.15) is 11.9 Å². The first-order valence-corrected chi connectivity index (χ1v) is 8.13. The number of aryl methyl sites for hydroxylation is 1. The second-order valence-electron chi connectivity index (χ2n) is 5.93. The zero-order valence-corrected chi connectivity index (χ0v) is 12.7. The highest BCUT2D eigenvalue weighted by molar-refractivity contribution is 5.60. The number of aromatic nitrogens is 1. The summed E-state index contributed by atoms with van der Waals surface area (Å²) in [6.07, 6.45) is 7.92. The fourth-order valence-corrected chi connectivity index (χ4v) is 3.46. The number of anilines is 1. The lowest BCUT2D eigenvalue weighted by Gasteiger charge is -2.22. The summed E-state index contributed by atoms with van der Waals surface area (Å²) in [6, 6.07) is 2.38. The van der Waals surface area contributed by atoms with Crippen LogP contribution < -0.4 is 5.32 Å². The van der Waals surface area contributed by atoms with Gasteiger partial charge in [-0.1, -0.05) is 6.92 Å². The lowest BCUT2D eigenvalue weighted by molar-refractivity contribution is 0.120. The molecule has 112 valence electrons. The van der Waals surface area contributed by atoms with Crippen LogP contribution in [0.4, 0.5) is 5.82 Å². The number of nitrogens with zero attached hydrogens (tertiary/aromatic N) is 2. The fraction of sp³-hybridized carbons (Fsp3) is 0.647. The zero-order chi connectivity index (χ0) is 14.7. The molecule has 0 bridgehead atoms. The van der Waals surface area contributed by atoms with Crippen LogP contribution in [0.15, 0.2) is 0 Å². The van der Waals surface area contributed by atoms with E-state index in [4.69, 9.17) is 9.72 Å². The van der Waals surface area contributed by atoms with Crippen molar-refractivity contribution in [1.82, 2.24) is 4.98 Å². The first-order chi connectivity index (χ1) is 10.3. The summed E-state index contributed by atoms with van der Waals surface area (Å²) in [6.45, 7) is 3.76. The van der Waals surface area contributed by atoms with Crippen molar-refractivity contribution in [2.24, 2.45) is 0 Å². The fourth-order valence-electron chi connectivity index (χ4n) is 3.46. The molecule has 1 aliphatic carbocycles. The predicted octanol–water partition coefficient (Wildman–Crippen LogP) is 2.99. The Bertz CT molecular complexity index is 556. The largest absolute Gasteiger partial charge is 0.376 e. The maximum Gasteiger partial charge on any atom is 0.144 e. The molecule has 1 aromatic rings. The molecule has 1 atom stereocenters. The maximum atomic E-state index is 9.57. The number of hydrogen-bond donors (Lipinski definition) is 1. The molecule has 0 spiro atoms. The SMILES string of the molecule is CCc1nc(NC[C@H]2CCCO2)c(C#N)c2c1CCCC2. The molecule has 0 aromatic carbocycles. The topological polar surface area (TPSA) is 57.9 Å². The summed E-state index contributed by atoms with van der Waals surface area (Å²) >= 11 is 0. The lowest BCUT2D eigenvalue weighted by atomic mass is 9.87. The number of hydrogen-bond acceptors (Lipinski definition) is 4. The first-order valence-electron chi connectivity index (χ1n) is 8.13. The molecule has 0 amide bonds. The van der Waals surface area contributed by atoms with Crippen molar-refractivity contribution in [1.29, 1.82) is 5.26 Å². The van der Waals surface area contributed by atoms with Crippen LogP contribution in [0.3, 0.4) is 0 Å². The van der Waals surface area contributed by atoms with Gasteiger partial charge in [-0.25, -0.2) is 4.98 Å². The quantitative estimate of drug-likeness (QED) is 0.924. The molecule has 0 radical (unpaired) electrons. The van der Waals surface area contributed by atoms with Crippen molar-refractivity contribution >= 4 is 5.82 Å². The predicted molar refractivity (Wildman–Crippen MR) is 82.4 cm³/mol. The molecule has 0 unspecified atom stereocenters. The van der Waals surface area contributed by atoms with E-state index in [1.54, 1.807) is 0 Å². The van der Waals surface area contributed by atoms with Gasteiger partial charge in [-0.2, -0.15) is 5.26 Å². The Balaban J connectivity index is 1.89. The van der Waals surface area contributed by atoms with Crippen LogP contribution in [0.1, 0.15) is 55.0 Å². The molecule has 3 rings (SSSR count). The highest BCUT2D eigenvalue weighted by Gasteiger charge is 2.22. The van der Waals surface area contributed by atoms with Gasteiger partial charge in [-0.15, -0.1) is 0 Å². The van der Waals surface area contributed by atoms with Gasteiger partial charge in [0.05, 0.1) is 11.7 Å². The van der Waals surface area contributed by atoms with Crippen LogP contribution in [0, 0.1) is 11.3 Å². The van der Waals surface area contributed by atoms with E-state index >= 15 is 0 Å². The molecule has 1 saturated heterocycles. The van der Waals surface area contributed by atoms with E-state index in [9.17, 15) is 5.26 Å². The van der Waals surface area contributed by atoms with Crippen molar-refractivity contribution in [2.75, 3.05) is 18.5 Å². The third-order valence-corrected chi connectivity index (χ3v) is 4.57. The zero-order valence-electron chi connectivity index (χ0n) is 12.7. The summed E-state index contributed by atoms with van der Waals surface area (Å²) in [5.41, 5.74) is 4.51. The Labute approximate surface area is 126 Å². The monoisotopic (exact) mass is 285 g/mol. The molecule has 4 nitrogen and oxygen atoms in total. The average molecular weight is 285 g/mol. The number of nitriles is 1. The molecule has 1 N–H and O–H groups in total. The Morgan fingerprint density at radius 2 is 2.10 bits per heavy atom. The normalized spacial score (nSPS) is 20.9. The molecule has 1 aliphatic heterocycles. The van der Waals surface area contributed by atoms with Gasteiger partial charge in [0.2, 0.25) is 0 Å².